The molecule has 0 aromatic heterocycles. The van der Waals surface area contributed by atoms with Crippen LogP contribution in [-0.2, 0) is 16.0 Å². The second-order valence-electron chi connectivity index (χ2n) is 9.28. The van der Waals surface area contributed by atoms with E-state index < -0.39 is 6.10 Å². The fraction of sp³-hybridized carbons (Fsp3) is 0.500. The summed E-state index contributed by atoms with van der Waals surface area (Å²) in [5.41, 5.74) is 4.34. The summed E-state index contributed by atoms with van der Waals surface area (Å²) in [5.74, 6) is 0.620. The standard InChI is InChI=1S/C28H40O5/c1-18(2)13-26(30)28(32)21(5)10-8-9-19(3)14-24(29)15-20(4)11-12-23-17-25(33-7)16-22(6)27(23)31/h11,13-14,16-17,21,28,31-32H,8-10,12,15H2,1-7H3/b19-14-,20-11+/t21-,28+/m0/s1. The first kappa shape index (κ1) is 28.4. The maximum atomic E-state index is 12.4. The predicted octanol–water partition coefficient (Wildman–Crippen LogP) is 5.81. The van der Waals surface area contributed by atoms with Gasteiger partial charge in [-0.05, 0) is 96.1 Å². The van der Waals surface area contributed by atoms with Crippen LogP contribution in [0.2, 0.25) is 0 Å². The molecule has 0 aliphatic carbocycles. The summed E-state index contributed by atoms with van der Waals surface area (Å²) >= 11 is 0. The van der Waals surface area contributed by atoms with Crippen molar-refractivity contribution in [2.75, 3.05) is 7.11 Å². The van der Waals surface area contributed by atoms with E-state index in [1.165, 1.54) is 6.08 Å². The molecule has 2 N–H and O–H groups in total. The molecular formula is C28H40O5. The molecule has 182 valence electrons. The number of aromatic hydroxyl groups is 1. The van der Waals surface area contributed by atoms with Gasteiger partial charge in [-0.3, -0.25) is 9.59 Å². The maximum absolute atomic E-state index is 12.4. The van der Waals surface area contributed by atoms with Crippen molar-refractivity contribution in [1.82, 2.24) is 0 Å². The summed E-state index contributed by atoms with van der Waals surface area (Å²) in [7, 11) is 1.59. The number of aliphatic hydroxyl groups is 1. The van der Waals surface area contributed by atoms with E-state index in [1.807, 2.05) is 53.7 Å². The van der Waals surface area contributed by atoms with Gasteiger partial charge < -0.3 is 14.9 Å². The fourth-order valence-electron chi connectivity index (χ4n) is 3.63. The molecule has 1 rings (SSSR count). The van der Waals surface area contributed by atoms with Crippen LogP contribution in [0.4, 0.5) is 0 Å². The van der Waals surface area contributed by atoms with E-state index in [4.69, 9.17) is 4.74 Å². The van der Waals surface area contributed by atoms with Gasteiger partial charge in [-0.1, -0.05) is 29.7 Å². The normalized spacial score (nSPS) is 13.9. The largest absolute Gasteiger partial charge is 0.507 e. The van der Waals surface area contributed by atoms with Crippen molar-refractivity contribution in [3.8, 4) is 11.5 Å². The van der Waals surface area contributed by atoms with Crippen molar-refractivity contribution in [3.05, 3.63) is 58.2 Å². The monoisotopic (exact) mass is 456 g/mol. The molecule has 1 aromatic carbocycles. The van der Waals surface area contributed by atoms with Crippen LogP contribution >= 0.6 is 0 Å². The minimum atomic E-state index is -0.980. The summed E-state index contributed by atoms with van der Waals surface area (Å²) in [6.45, 7) is 11.2. The lowest BCUT2D eigenvalue weighted by molar-refractivity contribution is -0.124. The Morgan fingerprint density at radius 2 is 1.76 bits per heavy atom. The summed E-state index contributed by atoms with van der Waals surface area (Å²) in [4.78, 5) is 24.4. The summed E-state index contributed by atoms with van der Waals surface area (Å²) in [6, 6.07) is 3.60. The van der Waals surface area contributed by atoms with Crippen LogP contribution in [0.1, 0.15) is 71.4 Å². The smallest absolute Gasteiger partial charge is 0.184 e. The Bertz CT molecular complexity index is 916. The van der Waals surface area contributed by atoms with Crippen molar-refractivity contribution < 1.29 is 24.5 Å². The highest BCUT2D eigenvalue weighted by Crippen LogP contribution is 2.28. The summed E-state index contributed by atoms with van der Waals surface area (Å²) in [6.07, 6.45) is 7.26. The molecule has 0 saturated carbocycles. The van der Waals surface area contributed by atoms with E-state index in [2.05, 4.69) is 0 Å². The number of hydrogen-bond acceptors (Lipinski definition) is 5. The number of hydrogen-bond donors (Lipinski definition) is 2. The number of carbonyl (C=O) groups excluding carboxylic acids is 2. The van der Waals surface area contributed by atoms with Gasteiger partial charge in [-0.25, -0.2) is 0 Å². The molecule has 0 radical (unpaired) electrons. The van der Waals surface area contributed by atoms with Gasteiger partial charge >= 0.3 is 0 Å². The second kappa shape index (κ2) is 13.8. The van der Waals surface area contributed by atoms with Crippen LogP contribution in [0.3, 0.4) is 0 Å². The number of phenolic OH excluding ortho intramolecular Hbond substituents is 1. The molecule has 5 nitrogen and oxygen atoms in total. The molecule has 2 atom stereocenters. The molecule has 0 aliphatic heterocycles. The van der Waals surface area contributed by atoms with E-state index in [0.29, 0.717) is 25.0 Å². The average molecular weight is 457 g/mol. The first-order valence-corrected chi connectivity index (χ1v) is 11.5. The zero-order valence-electron chi connectivity index (χ0n) is 21.2. The third kappa shape index (κ3) is 10.2. The number of ether oxygens (including phenoxy) is 1. The minimum Gasteiger partial charge on any atom is -0.507 e. The van der Waals surface area contributed by atoms with Crippen molar-refractivity contribution in [2.24, 2.45) is 5.92 Å². The van der Waals surface area contributed by atoms with Crippen molar-refractivity contribution in [3.63, 3.8) is 0 Å². The van der Waals surface area contributed by atoms with Crippen LogP contribution in [0.25, 0.3) is 0 Å². The Hall–Kier alpha value is -2.66. The van der Waals surface area contributed by atoms with E-state index >= 15 is 0 Å². The van der Waals surface area contributed by atoms with Gasteiger partial charge in [0.15, 0.2) is 11.6 Å². The van der Waals surface area contributed by atoms with Gasteiger partial charge in [0.05, 0.1) is 7.11 Å². The van der Waals surface area contributed by atoms with Gasteiger partial charge in [0.1, 0.15) is 17.6 Å². The third-order valence-corrected chi connectivity index (χ3v) is 5.61. The summed E-state index contributed by atoms with van der Waals surface area (Å²) < 4.78 is 5.27. The minimum absolute atomic E-state index is 0.0408. The molecule has 0 amide bonds. The lowest BCUT2D eigenvalue weighted by Gasteiger charge is -2.16. The van der Waals surface area contributed by atoms with Gasteiger partial charge in [0.2, 0.25) is 0 Å². The van der Waals surface area contributed by atoms with Gasteiger partial charge in [-0.15, -0.1) is 0 Å². The highest BCUT2D eigenvalue weighted by molar-refractivity contribution is 5.94. The lowest BCUT2D eigenvalue weighted by atomic mass is 9.93. The Kier molecular flexibility index (Phi) is 11.9. The molecule has 0 bridgehead atoms. The Labute approximate surface area is 198 Å². The molecule has 5 heteroatoms. The molecular weight excluding hydrogens is 416 g/mol. The zero-order chi connectivity index (χ0) is 25.1. The number of methoxy groups -OCH3 is 1. The van der Waals surface area contributed by atoms with E-state index in [1.54, 1.807) is 19.3 Å². The van der Waals surface area contributed by atoms with Crippen molar-refractivity contribution in [1.29, 1.82) is 0 Å². The van der Waals surface area contributed by atoms with E-state index in [0.717, 1.165) is 40.7 Å². The number of rotatable bonds is 13. The van der Waals surface area contributed by atoms with Crippen LogP contribution in [0.15, 0.2) is 47.1 Å². The number of aliphatic hydroxyl groups excluding tert-OH is 1. The van der Waals surface area contributed by atoms with Gasteiger partial charge in [-0.2, -0.15) is 0 Å². The molecule has 0 aliphatic rings. The zero-order valence-corrected chi connectivity index (χ0v) is 21.2. The lowest BCUT2D eigenvalue weighted by Crippen LogP contribution is -2.26. The quantitative estimate of drug-likeness (QED) is 0.289. The highest BCUT2D eigenvalue weighted by Gasteiger charge is 2.20. The van der Waals surface area contributed by atoms with Crippen LogP contribution < -0.4 is 4.74 Å². The SMILES string of the molecule is COc1cc(C)c(O)c(C/C=C(\C)CC(=O)/C=C(/C)CCC[C@H](C)[C@@H](O)C(=O)C=C(C)C)c1. The van der Waals surface area contributed by atoms with Gasteiger partial charge in [0.25, 0.3) is 0 Å². The summed E-state index contributed by atoms with van der Waals surface area (Å²) in [5, 5.41) is 20.4. The van der Waals surface area contributed by atoms with Crippen LogP contribution in [0.5, 0.6) is 11.5 Å². The molecule has 1 aromatic rings. The second-order valence-corrected chi connectivity index (χ2v) is 9.28. The van der Waals surface area contributed by atoms with E-state index in [9.17, 15) is 19.8 Å². The Morgan fingerprint density at radius 3 is 2.36 bits per heavy atom. The topological polar surface area (TPSA) is 83.8 Å². The first-order chi connectivity index (χ1) is 15.4. The Morgan fingerprint density at radius 1 is 1.09 bits per heavy atom. The van der Waals surface area contributed by atoms with Crippen molar-refractivity contribution >= 4 is 11.6 Å². The van der Waals surface area contributed by atoms with Gasteiger partial charge in [0, 0.05) is 12.0 Å². The first-order valence-electron chi connectivity index (χ1n) is 11.5. The molecule has 33 heavy (non-hydrogen) atoms. The highest BCUT2D eigenvalue weighted by atomic mass is 16.5. The average Bonchev–Trinajstić information content (AvgIpc) is 2.73. The number of carbonyl (C=O) groups is 2. The predicted molar refractivity (Wildman–Crippen MR) is 134 cm³/mol. The molecule has 0 fully saturated rings. The number of ketones is 2. The maximum Gasteiger partial charge on any atom is 0.184 e. The van der Waals surface area contributed by atoms with Crippen molar-refractivity contribution in [2.45, 2.75) is 79.8 Å². The fourth-order valence-corrected chi connectivity index (χ4v) is 3.63. The third-order valence-electron chi connectivity index (χ3n) is 5.61. The Balaban J connectivity index is 2.56. The molecule has 0 saturated heterocycles. The van der Waals surface area contributed by atoms with E-state index in [-0.39, 0.29) is 23.2 Å². The van der Waals surface area contributed by atoms with Crippen LogP contribution in [-0.4, -0.2) is 35.0 Å². The number of aryl methyl sites for hydroxylation is 1. The molecule has 0 heterocycles. The number of phenols is 1. The molecule has 0 unspecified atom stereocenters. The number of benzene rings is 1. The van der Waals surface area contributed by atoms with Crippen LogP contribution in [0, 0.1) is 12.8 Å². The number of allylic oxidation sites excluding steroid dienone is 5. The molecule has 0 spiro atoms.